The summed E-state index contributed by atoms with van der Waals surface area (Å²) in [7, 11) is 2.84. The van der Waals surface area contributed by atoms with Crippen LogP contribution in [-0.4, -0.2) is 50.5 Å². The number of esters is 2. The standard InChI is InChI=1S/C40H38N2O9S/c1-6-48-33-21-27(16-18-31(33)51-23-35(43)47-5)37-36(39(45)49-7-2)24(3)41-40-42(37)38(44)34(52-40)20-25-15-17-30(32(19-25)46-4)50-22-28-13-10-12-26-11-8-9-14-29(26)28/h8-21,37H,6-7,22-23H2,1-5H3/b34-20-/t37-/m1/s1. The van der Waals surface area contributed by atoms with Gasteiger partial charge in [-0.2, -0.15) is 0 Å². The molecule has 0 aliphatic carbocycles. The van der Waals surface area contributed by atoms with Crippen molar-refractivity contribution in [1.29, 1.82) is 0 Å². The Morgan fingerprint density at radius 2 is 1.63 bits per heavy atom. The molecule has 1 atom stereocenters. The van der Waals surface area contributed by atoms with Crippen LogP contribution in [0.2, 0.25) is 0 Å². The van der Waals surface area contributed by atoms with E-state index in [0.717, 1.165) is 16.3 Å². The molecule has 0 amide bonds. The van der Waals surface area contributed by atoms with Crippen molar-refractivity contribution < 1.29 is 38.0 Å². The number of hydrogen-bond acceptors (Lipinski definition) is 11. The Morgan fingerprint density at radius 1 is 0.865 bits per heavy atom. The van der Waals surface area contributed by atoms with Crippen molar-refractivity contribution >= 4 is 40.1 Å². The van der Waals surface area contributed by atoms with Gasteiger partial charge in [-0.3, -0.25) is 9.36 Å². The fourth-order valence-corrected chi connectivity index (χ4v) is 7.05. The molecule has 4 aromatic carbocycles. The van der Waals surface area contributed by atoms with Gasteiger partial charge in [-0.25, -0.2) is 14.6 Å². The highest BCUT2D eigenvalue weighted by atomic mass is 32.1. The number of rotatable bonds is 13. The summed E-state index contributed by atoms with van der Waals surface area (Å²) in [6, 6.07) is 23.9. The zero-order valence-corrected chi connectivity index (χ0v) is 30.3. The minimum absolute atomic E-state index is 0.140. The first kappa shape index (κ1) is 35.9. The summed E-state index contributed by atoms with van der Waals surface area (Å²) < 4.78 is 35.4. The lowest BCUT2D eigenvalue weighted by Gasteiger charge is -2.25. The Hall–Kier alpha value is -5.88. The van der Waals surface area contributed by atoms with Crippen molar-refractivity contribution in [3.63, 3.8) is 0 Å². The van der Waals surface area contributed by atoms with E-state index in [9.17, 15) is 14.4 Å². The molecule has 268 valence electrons. The molecule has 11 nitrogen and oxygen atoms in total. The molecule has 0 bridgehead atoms. The van der Waals surface area contributed by atoms with Crippen LogP contribution in [0, 0.1) is 0 Å². The molecule has 2 heterocycles. The molecule has 12 heteroatoms. The van der Waals surface area contributed by atoms with Crippen molar-refractivity contribution in [2.24, 2.45) is 4.99 Å². The van der Waals surface area contributed by atoms with Gasteiger partial charge in [-0.1, -0.05) is 65.9 Å². The van der Waals surface area contributed by atoms with Gasteiger partial charge in [0.2, 0.25) is 0 Å². The Labute approximate surface area is 304 Å². The quantitative estimate of drug-likeness (QED) is 0.145. The third kappa shape index (κ3) is 7.42. The first-order valence-corrected chi connectivity index (χ1v) is 17.5. The molecule has 1 aromatic heterocycles. The lowest BCUT2D eigenvalue weighted by atomic mass is 9.95. The number of thiazole rings is 1. The Kier molecular flexibility index (Phi) is 11.0. The second kappa shape index (κ2) is 16.0. The van der Waals surface area contributed by atoms with E-state index in [4.69, 9.17) is 28.4 Å². The number of carbonyl (C=O) groups is 2. The lowest BCUT2D eigenvalue weighted by Crippen LogP contribution is -2.40. The first-order chi connectivity index (χ1) is 25.3. The topological polar surface area (TPSA) is 124 Å². The minimum Gasteiger partial charge on any atom is -0.493 e. The molecule has 52 heavy (non-hydrogen) atoms. The maximum absolute atomic E-state index is 14.3. The predicted molar refractivity (Wildman–Crippen MR) is 197 cm³/mol. The highest BCUT2D eigenvalue weighted by molar-refractivity contribution is 7.07. The van der Waals surface area contributed by atoms with Gasteiger partial charge < -0.3 is 28.4 Å². The highest BCUT2D eigenvalue weighted by Gasteiger charge is 2.34. The molecule has 1 aliphatic heterocycles. The van der Waals surface area contributed by atoms with E-state index in [1.54, 1.807) is 45.2 Å². The van der Waals surface area contributed by atoms with Crippen LogP contribution in [0.5, 0.6) is 23.0 Å². The van der Waals surface area contributed by atoms with E-state index in [-0.39, 0.29) is 24.3 Å². The van der Waals surface area contributed by atoms with Crippen molar-refractivity contribution in [2.75, 3.05) is 34.0 Å². The summed E-state index contributed by atoms with van der Waals surface area (Å²) in [6.45, 7) is 5.72. The van der Waals surface area contributed by atoms with Crippen LogP contribution >= 0.6 is 11.3 Å². The number of allylic oxidation sites excluding steroid dienone is 1. The molecule has 5 aromatic rings. The van der Waals surface area contributed by atoms with Crippen molar-refractivity contribution in [2.45, 2.75) is 33.4 Å². The van der Waals surface area contributed by atoms with Crippen molar-refractivity contribution in [3.05, 3.63) is 127 Å². The molecule has 1 aliphatic rings. The smallest absolute Gasteiger partial charge is 0.343 e. The fourth-order valence-electron chi connectivity index (χ4n) is 6.00. The molecule has 0 N–H and O–H groups in total. The normalized spacial score (nSPS) is 14.0. The largest absolute Gasteiger partial charge is 0.493 e. The summed E-state index contributed by atoms with van der Waals surface area (Å²) >= 11 is 1.21. The average Bonchev–Trinajstić information content (AvgIpc) is 3.46. The number of methoxy groups -OCH3 is 2. The number of hydrogen-bond donors (Lipinski definition) is 0. The van der Waals surface area contributed by atoms with Gasteiger partial charge in [-0.15, -0.1) is 0 Å². The van der Waals surface area contributed by atoms with E-state index in [1.807, 2.05) is 49.4 Å². The fraction of sp³-hybridized carbons (Fsp3) is 0.250. The lowest BCUT2D eigenvalue weighted by molar-refractivity contribution is -0.143. The van der Waals surface area contributed by atoms with Crippen LogP contribution in [0.3, 0.4) is 0 Å². The highest BCUT2D eigenvalue weighted by Crippen LogP contribution is 2.37. The Balaban J connectivity index is 1.37. The molecular formula is C40H38N2O9S. The van der Waals surface area contributed by atoms with E-state index < -0.39 is 18.0 Å². The summed E-state index contributed by atoms with van der Waals surface area (Å²) in [4.78, 5) is 44.5. The average molecular weight is 723 g/mol. The third-order valence-electron chi connectivity index (χ3n) is 8.42. The molecule has 0 radical (unpaired) electrons. The molecule has 0 fully saturated rings. The SMILES string of the molecule is CCOC(=O)C1=C(C)N=c2s/c(=C\c3ccc(OCc4cccc5ccccc45)c(OC)c3)c(=O)n2[C@@H]1c1ccc(OCC(=O)OC)c(OCC)c1. The number of fused-ring (bicyclic) bond motifs is 2. The maximum Gasteiger partial charge on any atom is 0.343 e. The minimum atomic E-state index is -0.884. The van der Waals surface area contributed by atoms with Crippen LogP contribution in [0.25, 0.3) is 16.8 Å². The molecule has 6 rings (SSSR count). The second-order valence-electron chi connectivity index (χ2n) is 11.6. The molecule has 0 saturated heterocycles. The number of carbonyl (C=O) groups excluding carboxylic acids is 2. The van der Waals surface area contributed by atoms with Gasteiger partial charge in [0.25, 0.3) is 5.56 Å². The number of nitrogens with zero attached hydrogens (tertiary/aromatic N) is 2. The van der Waals surface area contributed by atoms with E-state index in [2.05, 4.69) is 23.2 Å². The van der Waals surface area contributed by atoms with Gasteiger partial charge in [-0.05, 0) is 78.6 Å². The zero-order valence-electron chi connectivity index (χ0n) is 29.5. The number of ether oxygens (including phenoxy) is 6. The third-order valence-corrected chi connectivity index (χ3v) is 9.41. The summed E-state index contributed by atoms with van der Waals surface area (Å²) in [5.74, 6) is 0.572. The summed E-state index contributed by atoms with van der Waals surface area (Å²) in [5.41, 5.74) is 2.63. The first-order valence-electron chi connectivity index (χ1n) is 16.7. The van der Waals surface area contributed by atoms with Gasteiger partial charge in [0.15, 0.2) is 34.4 Å². The summed E-state index contributed by atoms with van der Waals surface area (Å²) in [5, 5.41) is 2.25. The van der Waals surface area contributed by atoms with Crippen LogP contribution in [0.1, 0.15) is 43.5 Å². The van der Waals surface area contributed by atoms with Gasteiger partial charge >= 0.3 is 11.9 Å². The monoisotopic (exact) mass is 722 g/mol. The Morgan fingerprint density at radius 3 is 2.40 bits per heavy atom. The molecule has 0 spiro atoms. The van der Waals surface area contributed by atoms with E-state index >= 15 is 0 Å². The molecule has 0 saturated carbocycles. The predicted octanol–water partition coefficient (Wildman–Crippen LogP) is 5.49. The van der Waals surface area contributed by atoms with Gasteiger partial charge in [0.1, 0.15) is 6.61 Å². The van der Waals surface area contributed by atoms with Crippen LogP contribution in [-0.2, 0) is 25.7 Å². The molecular weight excluding hydrogens is 685 g/mol. The van der Waals surface area contributed by atoms with Crippen LogP contribution in [0.15, 0.2) is 99.9 Å². The number of benzene rings is 4. The summed E-state index contributed by atoms with van der Waals surface area (Å²) in [6.07, 6.45) is 1.76. The van der Waals surface area contributed by atoms with Crippen LogP contribution in [0.4, 0.5) is 0 Å². The van der Waals surface area contributed by atoms with Gasteiger partial charge in [0.05, 0.1) is 49.3 Å². The van der Waals surface area contributed by atoms with E-state index in [0.29, 0.717) is 62.4 Å². The number of aromatic nitrogens is 1. The van der Waals surface area contributed by atoms with E-state index in [1.165, 1.54) is 23.0 Å². The second-order valence-corrected chi connectivity index (χ2v) is 12.7. The maximum atomic E-state index is 14.3. The van der Waals surface area contributed by atoms with Crippen molar-refractivity contribution in [3.8, 4) is 23.0 Å². The van der Waals surface area contributed by atoms with Gasteiger partial charge in [0, 0.05) is 0 Å². The zero-order chi connectivity index (χ0) is 36.8. The molecule has 0 unspecified atom stereocenters. The van der Waals surface area contributed by atoms with Crippen LogP contribution < -0.4 is 33.8 Å². The Bertz CT molecular complexity index is 2350. The van der Waals surface area contributed by atoms with Crippen molar-refractivity contribution in [1.82, 2.24) is 4.57 Å².